The summed E-state index contributed by atoms with van der Waals surface area (Å²) in [7, 11) is 0. The molecule has 0 bridgehead atoms. The topological polar surface area (TPSA) is 62.6 Å². The van der Waals surface area contributed by atoms with Crippen LogP contribution in [0, 0.1) is 12.8 Å². The summed E-state index contributed by atoms with van der Waals surface area (Å²) < 4.78 is 18.8. The minimum atomic E-state index is -0.00399. The molecule has 2 aromatic carbocycles. The van der Waals surface area contributed by atoms with Gasteiger partial charge in [-0.25, -0.2) is 4.98 Å². The second kappa shape index (κ2) is 9.00. The first-order valence-corrected chi connectivity index (χ1v) is 13.6. The molecule has 8 heteroatoms. The van der Waals surface area contributed by atoms with Gasteiger partial charge in [0.15, 0.2) is 16.7 Å². The lowest BCUT2D eigenvalue weighted by Crippen LogP contribution is -2.28. The van der Waals surface area contributed by atoms with Crippen molar-refractivity contribution < 1.29 is 14.2 Å². The Bertz CT molecular complexity index is 1490. The molecule has 0 amide bonds. The number of hydrogen-bond donors (Lipinski definition) is 0. The number of thioether (sulfide) groups is 1. The summed E-state index contributed by atoms with van der Waals surface area (Å²) in [5.41, 5.74) is 4.13. The molecule has 0 N–H and O–H groups in total. The second-order valence-electron chi connectivity index (χ2n) is 9.33. The lowest BCUT2D eigenvalue weighted by molar-refractivity contribution is 0.00200. The molecule has 6 rings (SSSR count). The van der Waals surface area contributed by atoms with E-state index in [0.29, 0.717) is 23.4 Å². The first-order chi connectivity index (χ1) is 17.0. The maximum absolute atomic E-state index is 14.1. The highest BCUT2D eigenvalue weighted by molar-refractivity contribution is 7.98. The molecule has 6 nitrogen and oxygen atoms in total. The third-order valence-corrected chi connectivity index (χ3v) is 8.63. The molecule has 0 unspecified atom stereocenters. The van der Waals surface area contributed by atoms with Gasteiger partial charge in [0.25, 0.3) is 5.56 Å². The van der Waals surface area contributed by atoms with Crippen LogP contribution in [0.2, 0.25) is 0 Å². The molecule has 2 aromatic heterocycles. The first-order valence-electron chi connectivity index (χ1n) is 11.7. The average Bonchev–Trinajstić information content (AvgIpc) is 3.46. The van der Waals surface area contributed by atoms with E-state index in [2.05, 4.69) is 13.8 Å². The fourth-order valence-corrected chi connectivity index (χ4v) is 6.73. The summed E-state index contributed by atoms with van der Waals surface area (Å²) in [4.78, 5) is 21.0. The number of aromatic nitrogens is 2. The monoisotopic (exact) mass is 506 g/mol. The van der Waals surface area contributed by atoms with Gasteiger partial charge in [-0.3, -0.25) is 9.36 Å². The fraction of sp³-hybridized carbons (Fsp3) is 0.333. The smallest absolute Gasteiger partial charge is 0.267 e. The summed E-state index contributed by atoms with van der Waals surface area (Å²) in [6.07, 6.45) is 0.869. The zero-order chi connectivity index (χ0) is 24.1. The number of benzene rings is 2. The molecule has 0 radical (unpaired) electrons. The average molecular weight is 507 g/mol. The van der Waals surface area contributed by atoms with E-state index in [1.165, 1.54) is 0 Å². The van der Waals surface area contributed by atoms with Gasteiger partial charge in [-0.2, -0.15) is 0 Å². The molecule has 35 heavy (non-hydrogen) atoms. The van der Waals surface area contributed by atoms with Gasteiger partial charge in [0.05, 0.1) is 23.8 Å². The summed E-state index contributed by atoms with van der Waals surface area (Å²) in [5.74, 6) is 2.57. The standard InChI is InChI=1S/C27H26N2O4S2/c1-15(2)21-11-19-23(12-31-21)35-25-24(19)26(30)29(18-6-4-5-16(3)9-18)27(28-25)34-13-17-7-8-20-22(10-17)33-14-32-20/h4-10,15,21H,11-14H2,1-3H3/t21-/m1/s1. The Morgan fingerprint density at radius 1 is 1.17 bits per heavy atom. The van der Waals surface area contributed by atoms with E-state index in [1.54, 1.807) is 27.7 Å². The number of ether oxygens (including phenoxy) is 3. The van der Waals surface area contributed by atoms with E-state index in [4.69, 9.17) is 19.2 Å². The van der Waals surface area contributed by atoms with E-state index in [1.807, 2.05) is 49.4 Å². The number of hydrogen-bond acceptors (Lipinski definition) is 7. The molecule has 4 heterocycles. The van der Waals surface area contributed by atoms with E-state index in [9.17, 15) is 4.79 Å². The molecule has 0 fully saturated rings. The lowest BCUT2D eigenvalue weighted by Gasteiger charge is -2.26. The quantitative estimate of drug-likeness (QED) is 0.249. The van der Waals surface area contributed by atoms with E-state index in [0.717, 1.165) is 55.4 Å². The third-order valence-electron chi connectivity index (χ3n) is 6.52. The molecule has 1 atom stereocenters. The zero-order valence-corrected chi connectivity index (χ0v) is 21.5. The number of rotatable bonds is 5. The van der Waals surface area contributed by atoms with Crippen LogP contribution in [-0.2, 0) is 23.5 Å². The van der Waals surface area contributed by atoms with Gasteiger partial charge in [0, 0.05) is 17.1 Å². The van der Waals surface area contributed by atoms with Crippen molar-refractivity contribution in [3.63, 3.8) is 0 Å². The molecule has 0 spiro atoms. The molecule has 0 saturated carbocycles. The Morgan fingerprint density at radius 2 is 2.03 bits per heavy atom. The predicted octanol–water partition coefficient (Wildman–Crippen LogP) is 5.87. The van der Waals surface area contributed by atoms with Crippen molar-refractivity contribution in [2.75, 3.05) is 6.79 Å². The van der Waals surface area contributed by atoms with Crippen LogP contribution in [0.5, 0.6) is 11.5 Å². The Hall–Kier alpha value is -2.81. The second-order valence-corrected chi connectivity index (χ2v) is 11.4. The van der Waals surface area contributed by atoms with Crippen LogP contribution in [0.4, 0.5) is 0 Å². The van der Waals surface area contributed by atoms with Crippen molar-refractivity contribution in [2.24, 2.45) is 5.92 Å². The summed E-state index contributed by atoms with van der Waals surface area (Å²) in [5, 5.41) is 1.43. The SMILES string of the molecule is Cc1cccc(-n2c(SCc3ccc4c(c3)OCO4)nc3sc4c(c3c2=O)C[C@H](C(C)C)OC4)c1. The Balaban J connectivity index is 1.45. The summed E-state index contributed by atoms with van der Waals surface area (Å²) >= 11 is 3.15. The van der Waals surface area contributed by atoms with Crippen LogP contribution in [-0.4, -0.2) is 22.4 Å². The van der Waals surface area contributed by atoms with E-state index >= 15 is 0 Å². The van der Waals surface area contributed by atoms with Crippen LogP contribution < -0.4 is 15.0 Å². The van der Waals surface area contributed by atoms with Crippen LogP contribution in [0.1, 0.15) is 35.4 Å². The Labute approximate surface area is 211 Å². The highest BCUT2D eigenvalue weighted by atomic mass is 32.2. The Kier molecular flexibility index (Phi) is 5.82. The van der Waals surface area contributed by atoms with Gasteiger partial charge >= 0.3 is 0 Å². The van der Waals surface area contributed by atoms with Crippen molar-refractivity contribution in [1.82, 2.24) is 9.55 Å². The zero-order valence-electron chi connectivity index (χ0n) is 19.9. The van der Waals surface area contributed by atoms with E-state index in [-0.39, 0.29) is 18.5 Å². The van der Waals surface area contributed by atoms with Gasteiger partial charge in [-0.15, -0.1) is 11.3 Å². The summed E-state index contributed by atoms with van der Waals surface area (Å²) in [6.45, 7) is 7.16. The highest BCUT2D eigenvalue weighted by Gasteiger charge is 2.29. The van der Waals surface area contributed by atoms with Crippen LogP contribution in [0.25, 0.3) is 15.9 Å². The van der Waals surface area contributed by atoms with E-state index < -0.39 is 0 Å². The number of thiophene rings is 1. The number of aryl methyl sites for hydroxylation is 1. The molecule has 180 valence electrons. The lowest BCUT2D eigenvalue weighted by atomic mass is 9.96. The number of nitrogens with zero attached hydrogens (tertiary/aromatic N) is 2. The first kappa shape index (κ1) is 22.6. The predicted molar refractivity (Wildman–Crippen MR) is 139 cm³/mol. The molecule has 0 aliphatic carbocycles. The maximum atomic E-state index is 14.1. The van der Waals surface area contributed by atoms with Gasteiger partial charge in [-0.05, 0) is 53.8 Å². The largest absolute Gasteiger partial charge is 0.454 e. The highest BCUT2D eigenvalue weighted by Crippen LogP contribution is 2.38. The Morgan fingerprint density at radius 3 is 2.86 bits per heavy atom. The van der Waals surface area contributed by atoms with Crippen molar-refractivity contribution in [3.05, 3.63) is 74.4 Å². The minimum Gasteiger partial charge on any atom is -0.454 e. The number of fused-ring (bicyclic) bond motifs is 4. The van der Waals surface area contributed by atoms with Crippen molar-refractivity contribution in [2.45, 2.75) is 50.8 Å². The maximum Gasteiger partial charge on any atom is 0.267 e. The molecular weight excluding hydrogens is 480 g/mol. The molecule has 4 aromatic rings. The van der Waals surface area contributed by atoms with Gasteiger partial charge in [0.2, 0.25) is 6.79 Å². The van der Waals surface area contributed by atoms with Crippen LogP contribution >= 0.6 is 23.1 Å². The van der Waals surface area contributed by atoms with Crippen molar-refractivity contribution >= 4 is 33.3 Å². The molecule has 0 saturated heterocycles. The normalized spacial score (nSPS) is 16.7. The minimum absolute atomic E-state index is 0.00399. The molecule has 2 aliphatic rings. The summed E-state index contributed by atoms with van der Waals surface area (Å²) in [6, 6.07) is 14.0. The van der Waals surface area contributed by atoms with Crippen LogP contribution in [0.3, 0.4) is 0 Å². The van der Waals surface area contributed by atoms with Crippen molar-refractivity contribution in [3.8, 4) is 17.2 Å². The third kappa shape index (κ3) is 4.13. The van der Waals surface area contributed by atoms with Gasteiger partial charge in [0.1, 0.15) is 4.83 Å². The van der Waals surface area contributed by atoms with Crippen molar-refractivity contribution in [1.29, 1.82) is 0 Å². The van der Waals surface area contributed by atoms with Gasteiger partial charge in [-0.1, -0.05) is 43.8 Å². The molecular formula is C27H26N2O4S2. The molecule has 2 aliphatic heterocycles. The van der Waals surface area contributed by atoms with Gasteiger partial charge < -0.3 is 14.2 Å². The fourth-order valence-electron chi connectivity index (χ4n) is 4.61. The van der Waals surface area contributed by atoms with Crippen LogP contribution in [0.15, 0.2) is 52.4 Å².